The first kappa shape index (κ1) is 21.1. The molecular formula is C20H25N3O5. The van der Waals surface area contributed by atoms with E-state index in [4.69, 9.17) is 9.47 Å². The molecule has 0 fully saturated rings. The largest absolute Gasteiger partial charge is 0.459 e. The summed E-state index contributed by atoms with van der Waals surface area (Å²) in [4.78, 5) is 37.2. The number of hydrogen-bond acceptors (Lipinski definition) is 6. The van der Waals surface area contributed by atoms with Gasteiger partial charge in [0, 0.05) is 18.4 Å². The Bertz CT molecular complexity index is 830. The average molecular weight is 387 g/mol. The third-order valence-corrected chi connectivity index (χ3v) is 3.60. The second kappa shape index (κ2) is 9.16. The molecule has 0 aliphatic rings. The number of aryl methyl sites for hydroxylation is 1. The molecule has 8 heteroatoms. The fourth-order valence-electron chi connectivity index (χ4n) is 2.47. The van der Waals surface area contributed by atoms with Crippen molar-refractivity contribution in [3.05, 3.63) is 47.3 Å². The van der Waals surface area contributed by atoms with Gasteiger partial charge in [0.05, 0.1) is 23.3 Å². The maximum Gasteiger partial charge on any atom is 0.338 e. The van der Waals surface area contributed by atoms with Crippen molar-refractivity contribution >= 4 is 23.5 Å². The van der Waals surface area contributed by atoms with Crippen LogP contribution in [0.4, 0.5) is 5.69 Å². The van der Waals surface area contributed by atoms with Gasteiger partial charge in [0.25, 0.3) is 5.91 Å². The van der Waals surface area contributed by atoms with Crippen LogP contribution in [0.5, 0.6) is 0 Å². The molecule has 1 aromatic heterocycles. The third-order valence-electron chi connectivity index (χ3n) is 3.60. The van der Waals surface area contributed by atoms with E-state index in [2.05, 4.69) is 10.4 Å². The topological polar surface area (TPSA) is 99.5 Å². The van der Waals surface area contributed by atoms with Crippen molar-refractivity contribution in [2.45, 2.75) is 53.4 Å². The van der Waals surface area contributed by atoms with Gasteiger partial charge in [0.15, 0.2) is 0 Å². The van der Waals surface area contributed by atoms with Crippen molar-refractivity contribution in [3.63, 3.8) is 0 Å². The summed E-state index contributed by atoms with van der Waals surface area (Å²) in [6.45, 7) is 9.30. The number of ether oxygens (including phenoxy) is 2. The Labute approximate surface area is 163 Å². The SMILES string of the molecule is CCn1nccc1C(=O)Nc1cc(C(=O)OC(C)C)cc(C(=O)OC(C)C)c1. The summed E-state index contributed by atoms with van der Waals surface area (Å²) >= 11 is 0. The Balaban J connectivity index is 2.37. The van der Waals surface area contributed by atoms with E-state index in [-0.39, 0.29) is 29.0 Å². The molecule has 2 rings (SSSR count). The lowest BCUT2D eigenvalue weighted by Crippen LogP contribution is -2.19. The number of anilines is 1. The molecule has 1 heterocycles. The minimum absolute atomic E-state index is 0.145. The zero-order chi connectivity index (χ0) is 20.8. The number of aromatic nitrogens is 2. The number of rotatable bonds is 7. The standard InChI is InChI=1S/C20H25N3O5/c1-6-23-17(7-8-21-23)18(24)22-16-10-14(19(25)27-12(2)3)9-15(11-16)20(26)28-13(4)5/h7-13H,6H2,1-5H3,(H,22,24). The zero-order valence-corrected chi connectivity index (χ0v) is 16.7. The van der Waals surface area contributed by atoms with Crippen molar-refractivity contribution in [1.82, 2.24) is 9.78 Å². The van der Waals surface area contributed by atoms with E-state index in [1.807, 2.05) is 6.92 Å². The lowest BCUT2D eigenvalue weighted by atomic mass is 10.1. The van der Waals surface area contributed by atoms with Crippen molar-refractivity contribution in [2.24, 2.45) is 0 Å². The van der Waals surface area contributed by atoms with Crippen LogP contribution in [0.2, 0.25) is 0 Å². The molecule has 0 radical (unpaired) electrons. The first-order valence-corrected chi connectivity index (χ1v) is 9.11. The highest BCUT2D eigenvalue weighted by molar-refractivity contribution is 6.05. The van der Waals surface area contributed by atoms with Gasteiger partial charge in [-0.15, -0.1) is 0 Å². The molecule has 0 saturated carbocycles. The van der Waals surface area contributed by atoms with Crippen molar-refractivity contribution < 1.29 is 23.9 Å². The molecule has 28 heavy (non-hydrogen) atoms. The van der Waals surface area contributed by atoms with Gasteiger partial charge in [-0.3, -0.25) is 9.48 Å². The van der Waals surface area contributed by atoms with Gasteiger partial charge in [-0.1, -0.05) is 0 Å². The van der Waals surface area contributed by atoms with Crippen LogP contribution in [0.15, 0.2) is 30.5 Å². The molecule has 0 saturated heterocycles. The van der Waals surface area contributed by atoms with Crippen LogP contribution in [0, 0.1) is 0 Å². The lowest BCUT2D eigenvalue weighted by molar-refractivity contribution is 0.0377. The Morgan fingerprint density at radius 1 is 1.00 bits per heavy atom. The van der Waals surface area contributed by atoms with Crippen molar-refractivity contribution in [3.8, 4) is 0 Å². The summed E-state index contributed by atoms with van der Waals surface area (Å²) in [5.41, 5.74) is 0.934. The normalized spacial score (nSPS) is 10.8. The van der Waals surface area contributed by atoms with E-state index in [9.17, 15) is 14.4 Å². The lowest BCUT2D eigenvalue weighted by Gasteiger charge is -2.13. The predicted octanol–water partition coefficient (Wildman–Crippen LogP) is 3.29. The highest BCUT2D eigenvalue weighted by Crippen LogP contribution is 2.19. The molecule has 8 nitrogen and oxygen atoms in total. The van der Waals surface area contributed by atoms with E-state index in [0.717, 1.165) is 0 Å². The number of carbonyl (C=O) groups excluding carboxylic acids is 3. The molecular weight excluding hydrogens is 362 g/mol. The summed E-state index contributed by atoms with van der Waals surface area (Å²) in [7, 11) is 0. The number of carbonyl (C=O) groups is 3. The molecule has 0 bridgehead atoms. The predicted molar refractivity (Wildman–Crippen MR) is 103 cm³/mol. The highest BCUT2D eigenvalue weighted by atomic mass is 16.5. The van der Waals surface area contributed by atoms with Crippen LogP contribution >= 0.6 is 0 Å². The van der Waals surface area contributed by atoms with Gasteiger partial charge in [-0.05, 0) is 58.9 Å². The first-order valence-electron chi connectivity index (χ1n) is 9.11. The van der Waals surface area contributed by atoms with E-state index in [0.29, 0.717) is 12.2 Å². The molecule has 0 atom stereocenters. The summed E-state index contributed by atoms with van der Waals surface area (Å²) in [6.07, 6.45) is 0.881. The molecule has 1 amide bonds. The van der Waals surface area contributed by atoms with Gasteiger partial charge in [-0.2, -0.15) is 5.10 Å². The maximum absolute atomic E-state index is 12.6. The minimum Gasteiger partial charge on any atom is -0.459 e. The third kappa shape index (κ3) is 5.42. The Hall–Kier alpha value is -3.16. The van der Waals surface area contributed by atoms with Gasteiger partial charge >= 0.3 is 11.9 Å². The van der Waals surface area contributed by atoms with Gasteiger partial charge < -0.3 is 14.8 Å². The van der Waals surface area contributed by atoms with E-state index in [1.165, 1.54) is 24.4 Å². The number of amides is 1. The van der Waals surface area contributed by atoms with Gasteiger partial charge in [0.2, 0.25) is 0 Å². The summed E-state index contributed by atoms with van der Waals surface area (Å²) < 4.78 is 11.9. The monoisotopic (exact) mass is 387 g/mol. The highest BCUT2D eigenvalue weighted by Gasteiger charge is 2.19. The summed E-state index contributed by atoms with van der Waals surface area (Å²) in [6, 6.07) is 5.90. The molecule has 0 aliphatic heterocycles. The van der Waals surface area contributed by atoms with E-state index >= 15 is 0 Å². The number of nitrogens with one attached hydrogen (secondary N) is 1. The first-order chi connectivity index (χ1) is 13.2. The second-order valence-electron chi connectivity index (χ2n) is 6.69. The number of hydrogen-bond donors (Lipinski definition) is 1. The van der Waals surface area contributed by atoms with Crippen LogP contribution in [-0.2, 0) is 16.0 Å². The van der Waals surface area contributed by atoms with Crippen LogP contribution in [0.25, 0.3) is 0 Å². The molecule has 0 aliphatic carbocycles. The van der Waals surface area contributed by atoms with Crippen LogP contribution in [0.3, 0.4) is 0 Å². The molecule has 0 spiro atoms. The fourth-order valence-corrected chi connectivity index (χ4v) is 2.47. The number of esters is 2. The fraction of sp³-hybridized carbons (Fsp3) is 0.400. The summed E-state index contributed by atoms with van der Waals surface area (Å²) in [5.74, 6) is -1.59. The number of nitrogens with zero attached hydrogens (tertiary/aromatic N) is 2. The Kier molecular flexibility index (Phi) is 6.92. The zero-order valence-electron chi connectivity index (χ0n) is 16.7. The Morgan fingerprint density at radius 2 is 1.54 bits per heavy atom. The molecule has 1 aromatic carbocycles. The van der Waals surface area contributed by atoms with Crippen LogP contribution < -0.4 is 5.32 Å². The summed E-state index contributed by atoms with van der Waals surface area (Å²) in [5, 5.41) is 6.76. The minimum atomic E-state index is -0.594. The smallest absolute Gasteiger partial charge is 0.338 e. The molecule has 2 aromatic rings. The average Bonchev–Trinajstić information content (AvgIpc) is 3.09. The van der Waals surface area contributed by atoms with E-state index < -0.39 is 17.8 Å². The molecule has 150 valence electrons. The van der Waals surface area contributed by atoms with Crippen LogP contribution in [-0.4, -0.2) is 39.8 Å². The van der Waals surface area contributed by atoms with Gasteiger partial charge in [0.1, 0.15) is 5.69 Å². The molecule has 0 unspecified atom stereocenters. The van der Waals surface area contributed by atoms with Crippen LogP contribution in [0.1, 0.15) is 65.8 Å². The van der Waals surface area contributed by atoms with Crippen molar-refractivity contribution in [1.29, 1.82) is 0 Å². The molecule has 1 N–H and O–H groups in total. The van der Waals surface area contributed by atoms with Gasteiger partial charge in [-0.25, -0.2) is 9.59 Å². The second-order valence-corrected chi connectivity index (χ2v) is 6.69. The quantitative estimate of drug-likeness (QED) is 0.732. The number of benzene rings is 1. The van der Waals surface area contributed by atoms with Crippen molar-refractivity contribution in [2.75, 3.05) is 5.32 Å². The maximum atomic E-state index is 12.6. The van der Waals surface area contributed by atoms with E-state index in [1.54, 1.807) is 38.4 Å². The Morgan fingerprint density at radius 3 is 2.00 bits per heavy atom.